The molecule has 0 unspecified atom stereocenters. The Bertz CT molecular complexity index is 1210. The topological polar surface area (TPSA) is 131 Å². The third-order valence-corrected chi connectivity index (χ3v) is 7.71. The Morgan fingerprint density at radius 1 is 1.09 bits per heavy atom. The van der Waals surface area contributed by atoms with E-state index in [2.05, 4.69) is 20.2 Å². The van der Waals surface area contributed by atoms with Crippen molar-refractivity contribution in [2.24, 2.45) is 11.7 Å². The van der Waals surface area contributed by atoms with E-state index in [1.165, 1.54) is 0 Å². The van der Waals surface area contributed by atoms with Crippen LogP contribution in [0.25, 0.3) is 11.2 Å². The van der Waals surface area contributed by atoms with E-state index in [-0.39, 0.29) is 30.0 Å². The number of carbonyl (C=O) groups is 1. The standard InChI is InChI=1S/C24H29Cl2N7O2/c25-17-5-2-6-18(26)20(17)31-24-30-19-12-28-23(29-14-3-1-4-16(34)11-14)32-22(19)33(24)15-9-7-13(8-10-15)21(27)35/h2,5-6,12-16,34H,1,3-4,7-11H2,(H2,27,35)(H,30,31)(H,28,29,32)/t13-,14-,15+,16-/m1/s1. The monoisotopic (exact) mass is 517 g/mol. The molecule has 0 radical (unpaired) electrons. The Labute approximate surface area is 213 Å². The minimum atomic E-state index is -0.299. The van der Waals surface area contributed by atoms with Gasteiger partial charge in [-0.05, 0) is 63.5 Å². The van der Waals surface area contributed by atoms with Gasteiger partial charge in [-0.25, -0.2) is 9.97 Å². The fraction of sp³-hybridized carbons (Fsp3) is 0.500. The first-order valence-corrected chi connectivity index (χ1v) is 12.8. The van der Waals surface area contributed by atoms with Crippen molar-refractivity contribution in [3.8, 4) is 0 Å². The number of nitrogens with zero attached hydrogens (tertiary/aromatic N) is 4. The zero-order valence-corrected chi connectivity index (χ0v) is 20.8. The highest BCUT2D eigenvalue weighted by molar-refractivity contribution is 6.39. The number of nitrogens with two attached hydrogens (primary N) is 1. The van der Waals surface area contributed by atoms with E-state index in [1.807, 2.05) is 0 Å². The van der Waals surface area contributed by atoms with Crippen LogP contribution in [0.1, 0.15) is 57.4 Å². The summed E-state index contributed by atoms with van der Waals surface area (Å²) in [6, 6.07) is 5.51. The van der Waals surface area contributed by atoms with E-state index in [0.717, 1.165) is 32.1 Å². The summed E-state index contributed by atoms with van der Waals surface area (Å²) < 4.78 is 2.06. The molecule has 2 aliphatic rings. The number of anilines is 3. The van der Waals surface area contributed by atoms with Gasteiger partial charge in [0.25, 0.3) is 0 Å². The third kappa shape index (κ3) is 5.17. The molecule has 9 nitrogen and oxygen atoms in total. The molecule has 0 bridgehead atoms. The number of aliphatic hydroxyl groups excluding tert-OH is 1. The van der Waals surface area contributed by atoms with Gasteiger partial charge in [0.2, 0.25) is 17.8 Å². The number of aromatic nitrogens is 4. The largest absolute Gasteiger partial charge is 0.393 e. The van der Waals surface area contributed by atoms with E-state index in [0.29, 0.717) is 58.1 Å². The summed E-state index contributed by atoms with van der Waals surface area (Å²) >= 11 is 12.8. The van der Waals surface area contributed by atoms with Crippen molar-refractivity contribution in [3.63, 3.8) is 0 Å². The molecule has 3 aromatic rings. The van der Waals surface area contributed by atoms with E-state index in [9.17, 15) is 9.90 Å². The average Bonchev–Trinajstić information content (AvgIpc) is 3.19. The highest BCUT2D eigenvalue weighted by Gasteiger charge is 2.30. The molecule has 2 aliphatic carbocycles. The van der Waals surface area contributed by atoms with E-state index >= 15 is 0 Å². The van der Waals surface area contributed by atoms with Crippen molar-refractivity contribution >= 4 is 57.9 Å². The van der Waals surface area contributed by atoms with Gasteiger partial charge in [0, 0.05) is 18.0 Å². The maximum atomic E-state index is 11.7. The van der Waals surface area contributed by atoms with Gasteiger partial charge in [-0.1, -0.05) is 29.3 Å². The summed E-state index contributed by atoms with van der Waals surface area (Å²) in [6.07, 6.45) is 7.80. The third-order valence-electron chi connectivity index (χ3n) is 7.08. The summed E-state index contributed by atoms with van der Waals surface area (Å²) in [5, 5.41) is 17.7. The molecule has 1 aromatic carbocycles. The predicted octanol–water partition coefficient (Wildman–Crippen LogP) is 4.81. The fourth-order valence-corrected chi connectivity index (χ4v) is 5.71. The van der Waals surface area contributed by atoms with Gasteiger partial charge in [0.05, 0.1) is 28.0 Å². The van der Waals surface area contributed by atoms with Crippen LogP contribution in [0.3, 0.4) is 0 Å². The molecule has 0 spiro atoms. The van der Waals surface area contributed by atoms with Crippen LogP contribution in [-0.2, 0) is 4.79 Å². The number of carbonyl (C=O) groups excluding carboxylic acids is 1. The van der Waals surface area contributed by atoms with E-state index in [4.69, 9.17) is 38.9 Å². The molecule has 186 valence electrons. The number of amides is 1. The van der Waals surface area contributed by atoms with Crippen LogP contribution < -0.4 is 16.4 Å². The zero-order chi connectivity index (χ0) is 24.5. The summed E-state index contributed by atoms with van der Waals surface area (Å²) in [4.78, 5) is 25.8. The van der Waals surface area contributed by atoms with Gasteiger partial charge in [0.1, 0.15) is 5.52 Å². The first-order valence-electron chi connectivity index (χ1n) is 12.1. The Morgan fingerprint density at radius 3 is 2.51 bits per heavy atom. The molecule has 2 atom stereocenters. The number of fused-ring (bicyclic) bond motifs is 1. The van der Waals surface area contributed by atoms with Crippen molar-refractivity contribution in [2.45, 2.75) is 69.6 Å². The van der Waals surface area contributed by atoms with Gasteiger partial charge in [-0.15, -0.1) is 0 Å². The lowest BCUT2D eigenvalue weighted by Crippen LogP contribution is -2.30. The number of hydrogen-bond donors (Lipinski definition) is 4. The quantitative estimate of drug-likeness (QED) is 0.368. The van der Waals surface area contributed by atoms with Gasteiger partial charge < -0.3 is 21.5 Å². The number of para-hydroxylation sites is 1. The minimum Gasteiger partial charge on any atom is -0.393 e. The number of halogens is 2. The number of benzene rings is 1. The van der Waals surface area contributed by atoms with Crippen LogP contribution in [0, 0.1) is 5.92 Å². The lowest BCUT2D eigenvalue weighted by Gasteiger charge is -2.29. The summed E-state index contributed by atoms with van der Waals surface area (Å²) in [7, 11) is 0. The first-order chi connectivity index (χ1) is 16.9. The molecule has 2 saturated carbocycles. The number of nitrogens with one attached hydrogen (secondary N) is 2. The molecule has 2 fully saturated rings. The number of primary amides is 1. The Balaban J connectivity index is 1.51. The average molecular weight is 518 g/mol. The van der Waals surface area contributed by atoms with Crippen LogP contribution in [0.15, 0.2) is 24.4 Å². The molecular weight excluding hydrogens is 489 g/mol. The molecule has 2 heterocycles. The lowest BCUT2D eigenvalue weighted by molar-refractivity contribution is -0.122. The molecule has 11 heteroatoms. The predicted molar refractivity (Wildman–Crippen MR) is 137 cm³/mol. The molecular formula is C24H29Cl2N7O2. The molecule has 1 amide bonds. The van der Waals surface area contributed by atoms with Gasteiger partial charge in [-0.3, -0.25) is 9.36 Å². The maximum absolute atomic E-state index is 11.7. The minimum absolute atomic E-state index is 0.0682. The normalized spacial score (nSPS) is 24.9. The smallest absolute Gasteiger partial charge is 0.224 e. The summed E-state index contributed by atoms with van der Waals surface area (Å²) in [5.41, 5.74) is 7.46. The molecule has 0 aliphatic heterocycles. The van der Waals surface area contributed by atoms with Crippen molar-refractivity contribution in [2.75, 3.05) is 10.6 Å². The number of hydrogen-bond acceptors (Lipinski definition) is 7. The fourth-order valence-electron chi connectivity index (χ4n) is 5.22. The second-order valence-corrected chi connectivity index (χ2v) is 10.3. The van der Waals surface area contributed by atoms with Crippen LogP contribution in [0.2, 0.25) is 10.0 Å². The Morgan fingerprint density at radius 2 is 1.83 bits per heavy atom. The molecule has 5 rings (SSSR count). The summed E-state index contributed by atoms with van der Waals surface area (Å²) in [6.45, 7) is 0. The van der Waals surface area contributed by atoms with Crippen LogP contribution >= 0.6 is 23.2 Å². The second kappa shape index (κ2) is 10.2. The number of aliphatic hydroxyl groups is 1. The first kappa shape index (κ1) is 24.1. The molecule has 35 heavy (non-hydrogen) atoms. The number of imidazole rings is 1. The highest BCUT2D eigenvalue weighted by Crippen LogP contribution is 2.39. The maximum Gasteiger partial charge on any atom is 0.224 e. The van der Waals surface area contributed by atoms with Gasteiger partial charge in [0.15, 0.2) is 5.65 Å². The molecule has 0 saturated heterocycles. The van der Waals surface area contributed by atoms with Crippen molar-refractivity contribution in [1.82, 2.24) is 19.5 Å². The van der Waals surface area contributed by atoms with Crippen LogP contribution in [0.5, 0.6) is 0 Å². The SMILES string of the molecule is NC(=O)[C@H]1CC[C@@H](n2c(Nc3c(Cl)cccc3Cl)nc3cnc(N[C@@H]4CCC[C@@H](O)C4)nc32)CC1. The van der Waals surface area contributed by atoms with Gasteiger partial charge >= 0.3 is 0 Å². The van der Waals surface area contributed by atoms with Crippen LogP contribution in [0.4, 0.5) is 17.6 Å². The molecule has 5 N–H and O–H groups in total. The zero-order valence-electron chi connectivity index (χ0n) is 19.3. The van der Waals surface area contributed by atoms with Gasteiger partial charge in [-0.2, -0.15) is 4.98 Å². The van der Waals surface area contributed by atoms with E-state index < -0.39 is 0 Å². The lowest BCUT2D eigenvalue weighted by atomic mass is 9.85. The highest BCUT2D eigenvalue weighted by atomic mass is 35.5. The van der Waals surface area contributed by atoms with Crippen molar-refractivity contribution < 1.29 is 9.90 Å². The summed E-state index contributed by atoms with van der Waals surface area (Å²) in [5.74, 6) is 0.714. The van der Waals surface area contributed by atoms with Crippen molar-refractivity contribution in [3.05, 3.63) is 34.4 Å². The Kier molecular flexibility index (Phi) is 7.00. The Hall–Kier alpha value is -2.62. The van der Waals surface area contributed by atoms with E-state index in [1.54, 1.807) is 24.4 Å². The van der Waals surface area contributed by atoms with Crippen molar-refractivity contribution in [1.29, 1.82) is 0 Å². The molecule has 2 aromatic heterocycles. The van der Waals surface area contributed by atoms with Crippen LogP contribution in [-0.4, -0.2) is 42.7 Å². The number of rotatable bonds is 6. The second-order valence-electron chi connectivity index (χ2n) is 9.50.